The fourth-order valence-corrected chi connectivity index (χ4v) is 3.08. The van der Waals surface area contributed by atoms with Crippen molar-refractivity contribution < 1.29 is 18.4 Å². The molecule has 0 bridgehead atoms. The SMILES string of the molecule is CC(=O)SCC1CC(=O)N(c2cc(F)c(I)c(F)c2)C1. The molecule has 0 spiro atoms. The van der Waals surface area contributed by atoms with Gasteiger partial charge in [-0.15, -0.1) is 0 Å². The Bertz CT molecular complexity index is 544. The number of halogens is 3. The van der Waals surface area contributed by atoms with Crippen LogP contribution in [-0.4, -0.2) is 23.3 Å². The standard InChI is InChI=1S/C13H12F2INO2S/c1-7(18)20-6-8-2-12(19)17(5-8)9-3-10(14)13(16)11(15)4-9/h3-4,8H,2,5-6H2,1H3. The molecule has 0 radical (unpaired) electrons. The number of benzene rings is 1. The van der Waals surface area contributed by atoms with Crippen molar-refractivity contribution in [1.29, 1.82) is 0 Å². The molecule has 1 saturated heterocycles. The maximum atomic E-state index is 13.5. The first kappa shape index (κ1) is 15.7. The maximum Gasteiger partial charge on any atom is 0.227 e. The van der Waals surface area contributed by atoms with Crippen LogP contribution in [0.1, 0.15) is 13.3 Å². The van der Waals surface area contributed by atoms with E-state index in [4.69, 9.17) is 0 Å². The van der Waals surface area contributed by atoms with Crippen LogP contribution >= 0.6 is 34.4 Å². The Morgan fingerprint density at radius 1 is 1.45 bits per heavy atom. The zero-order valence-corrected chi connectivity index (χ0v) is 13.6. The summed E-state index contributed by atoms with van der Waals surface area (Å²) in [6, 6.07) is 2.34. The van der Waals surface area contributed by atoms with Gasteiger partial charge in [0.1, 0.15) is 11.6 Å². The van der Waals surface area contributed by atoms with Gasteiger partial charge in [-0.1, -0.05) is 11.8 Å². The lowest BCUT2D eigenvalue weighted by Crippen LogP contribution is -2.25. The lowest BCUT2D eigenvalue weighted by molar-refractivity contribution is -0.117. The predicted molar refractivity (Wildman–Crippen MR) is 82.7 cm³/mol. The minimum absolute atomic E-state index is 0.00209. The van der Waals surface area contributed by atoms with Gasteiger partial charge < -0.3 is 4.90 Å². The zero-order valence-electron chi connectivity index (χ0n) is 10.7. The van der Waals surface area contributed by atoms with E-state index < -0.39 is 11.6 Å². The largest absolute Gasteiger partial charge is 0.312 e. The molecule has 108 valence electrons. The van der Waals surface area contributed by atoms with Crippen molar-refractivity contribution in [1.82, 2.24) is 0 Å². The molecule has 3 nitrogen and oxygen atoms in total. The summed E-state index contributed by atoms with van der Waals surface area (Å²) in [5, 5.41) is 0.00209. The van der Waals surface area contributed by atoms with Crippen LogP contribution in [0.4, 0.5) is 14.5 Å². The number of nitrogens with zero attached hydrogens (tertiary/aromatic N) is 1. The Hall–Kier alpha value is -0.700. The monoisotopic (exact) mass is 411 g/mol. The lowest BCUT2D eigenvalue weighted by Gasteiger charge is -2.17. The van der Waals surface area contributed by atoms with Crippen LogP contribution in [0, 0.1) is 21.1 Å². The fraction of sp³-hybridized carbons (Fsp3) is 0.385. The topological polar surface area (TPSA) is 37.4 Å². The Balaban J connectivity index is 2.14. The second kappa shape index (κ2) is 6.38. The minimum Gasteiger partial charge on any atom is -0.312 e. The molecule has 0 aliphatic carbocycles. The lowest BCUT2D eigenvalue weighted by atomic mass is 10.1. The van der Waals surface area contributed by atoms with Gasteiger partial charge in [-0.3, -0.25) is 9.59 Å². The summed E-state index contributed by atoms with van der Waals surface area (Å²) >= 11 is 2.75. The van der Waals surface area contributed by atoms with Crippen molar-refractivity contribution >= 4 is 51.1 Å². The molecule has 0 saturated carbocycles. The van der Waals surface area contributed by atoms with E-state index in [9.17, 15) is 18.4 Å². The van der Waals surface area contributed by atoms with Crippen LogP contribution in [0.3, 0.4) is 0 Å². The third-order valence-electron chi connectivity index (χ3n) is 3.01. The third-order valence-corrected chi connectivity index (χ3v) is 5.08. The summed E-state index contributed by atoms with van der Waals surface area (Å²) in [4.78, 5) is 24.2. The molecular weight excluding hydrogens is 399 g/mol. The van der Waals surface area contributed by atoms with E-state index in [0.29, 0.717) is 18.7 Å². The zero-order chi connectivity index (χ0) is 14.9. The molecule has 1 aliphatic heterocycles. The summed E-state index contributed by atoms with van der Waals surface area (Å²) in [5.74, 6) is -0.932. The summed E-state index contributed by atoms with van der Waals surface area (Å²) < 4.78 is 27.0. The van der Waals surface area contributed by atoms with Crippen LogP contribution in [0.25, 0.3) is 0 Å². The third kappa shape index (κ3) is 3.49. The first-order chi connectivity index (χ1) is 9.38. The molecule has 1 fully saturated rings. The number of carbonyl (C=O) groups excluding carboxylic acids is 2. The normalized spacial score (nSPS) is 18.7. The smallest absolute Gasteiger partial charge is 0.227 e. The van der Waals surface area contributed by atoms with Crippen molar-refractivity contribution in [2.45, 2.75) is 13.3 Å². The molecule has 20 heavy (non-hydrogen) atoms. The van der Waals surface area contributed by atoms with Gasteiger partial charge in [0.2, 0.25) is 5.91 Å². The molecule has 1 heterocycles. The summed E-state index contributed by atoms with van der Waals surface area (Å²) in [5.41, 5.74) is 0.237. The second-order valence-electron chi connectivity index (χ2n) is 4.60. The molecule has 1 unspecified atom stereocenters. The number of anilines is 1. The first-order valence-electron chi connectivity index (χ1n) is 5.96. The Kier molecular flexibility index (Phi) is 5.00. The number of hydrogen-bond acceptors (Lipinski definition) is 3. The van der Waals surface area contributed by atoms with Gasteiger partial charge in [0.25, 0.3) is 0 Å². The molecule has 1 atom stereocenters. The van der Waals surface area contributed by atoms with E-state index in [0.717, 1.165) is 0 Å². The van der Waals surface area contributed by atoms with E-state index in [1.807, 2.05) is 0 Å². The number of carbonyl (C=O) groups is 2. The average Bonchev–Trinajstić information content (AvgIpc) is 2.74. The van der Waals surface area contributed by atoms with Crippen molar-refractivity contribution in [3.63, 3.8) is 0 Å². The van der Waals surface area contributed by atoms with Crippen LogP contribution in [0.5, 0.6) is 0 Å². The van der Waals surface area contributed by atoms with E-state index in [1.54, 1.807) is 22.6 Å². The van der Waals surface area contributed by atoms with E-state index in [1.165, 1.54) is 35.7 Å². The molecule has 1 aromatic carbocycles. The highest BCUT2D eigenvalue weighted by atomic mass is 127. The average molecular weight is 411 g/mol. The van der Waals surface area contributed by atoms with Gasteiger partial charge in [0.05, 0.1) is 3.57 Å². The first-order valence-corrected chi connectivity index (χ1v) is 8.03. The van der Waals surface area contributed by atoms with Crippen molar-refractivity contribution in [2.24, 2.45) is 5.92 Å². The maximum absolute atomic E-state index is 13.5. The Labute approximate surface area is 133 Å². The summed E-state index contributed by atoms with van der Waals surface area (Å²) in [6.07, 6.45) is 0.301. The Morgan fingerprint density at radius 3 is 2.60 bits per heavy atom. The van der Waals surface area contributed by atoms with Gasteiger partial charge in [-0.2, -0.15) is 0 Å². The fourth-order valence-electron chi connectivity index (χ4n) is 2.08. The van der Waals surface area contributed by atoms with Crippen LogP contribution in [0.2, 0.25) is 0 Å². The number of thioether (sulfide) groups is 1. The molecule has 1 amide bonds. The van der Waals surface area contributed by atoms with E-state index in [2.05, 4.69) is 0 Å². The van der Waals surface area contributed by atoms with Crippen molar-refractivity contribution in [3.8, 4) is 0 Å². The van der Waals surface area contributed by atoms with Crippen LogP contribution in [0.15, 0.2) is 12.1 Å². The minimum atomic E-state index is -0.671. The van der Waals surface area contributed by atoms with Crippen LogP contribution in [-0.2, 0) is 9.59 Å². The predicted octanol–water partition coefficient (Wildman–Crippen LogP) is 3.20. The Morgan fingerprint density at radius 2 is 2.05 bits per heavy atom. The molecule has 2 rings (SSSR count). The second-order valence-corrected chi connectivity index (χ2v) is 6.88. The molecule has 0 N–H and O–H groups in total. The molecular formula is C13H12F2INO2S. The van der Waals surface area contributed by atoms with Gasteiger partial charge in [0.15, 0.2) is 5.12 Å². The van der Waals surface area contributed by atoms with E-state index >= 15 is 0 Å². The molecule has 0 aromatic heterocycles. The highest BCUT2D eigenvalue weighted by Gasteiger charge is 2.31. The summed E-state index contributed by atoms with van der Waals surface area (Å²) in [7, 11) is 0. The van der Waals surface area contributed by atoms with Crippen molar-refractivity contribution in [3.05, 3.63) is 27.3 Å². The van der Waals surface area contributed by atoms with Gasteiger partial charge >= 0.3 is 0 Å². The van der Waals surface area contributed by atoms with Gasteiger partial charge in [0, 0.05) is 31.3 Å². The van der Waals surface area contributed by atoms with Crippen LogP contribution < -0.4 is 4.90 Å². The van der Waals surface area contributed by atoms with Gasteiger partial charge in [-0.25, -0.2) is 8.78 Å². The number of hydrogen-bond donors (Lipinski definition) is 0. The molecule has 1 aromatic rings. The highest BCUT2D eigenvalue weighted by molar-refractivity contribution is 14.1. The number of amides is 1. The molecule has 1 aliphatic rings. The molecule has 7 heteroatoms. The quantitative estimate of drug-likeness (QED) is 0.567. The van der Waals surface area contributed by atoms with E-state index in [-0.39, 0.29) is 26.2 Å². The highest BCUT2D eigenvalue weighted by Crippen LogP contribution is 2.30. The summed E-state index contributed by atoms with van der Waals surface area (Å²) in [6.45, 7) is 1.86. The van der Waals surface area contributed by atoms with Crippen molar-refractivity contribution in [2.75, 3.05) is 17.2 Å². The number of rotatable bonds is 3. The van der Waals surface area contributed by atoms with Gasteiger partial charge in [-0.05, 0) is 40.6 Å².